The van der Waals surface area contributed by atoms with Crippen molar-refractivity contribution in [2.75, 3.05) is 23.3 Å². The molecule has 0 unspecified atom stereocenters. The molecule has 1 aromatic carbocycles. The summed E-state index contributed by atoms with van der Waals surface area (Å²) in [6.07, 6.45) is 8.78. The lowest BCUT2D eigenvalue weighted by Gasteiger charge is -2.29. The molecule has 1 amide bonds. The Morgan fingerprint density at radius 2 is 1.86 bits per heavy atom. The fourth-order valence-corrected chi connectivity index (χ4v) is 5.35. The van der Waals surface area contributed by atoms with Crippen LogP contribution in [0.5, 0.6) is 0 Å². The first kappa shape index (κ1) is 18.6. The lowest BCUT2D eigenvalue weighted by molar-refractivity contribution is -0.120. The molecule has 1 saturated heterocycles. The van der Waals surface area contributed by atoms with E-state index in [-0.39, 0.29) is 11.8 Å². The molecule has 0 radical (unpaired) electrons. The number of para-hydroxylation sites is 2. The highest BCUT2D eigenvalue weighted by Crippen LogP contribution is 2.30. The number of thiazole rings is 1. The SMILES string of the molecule is O=C(Nc1nc2c(s1)CCCCCC2)C1CCN(c2nc3ccccc3o2)CC1. The Kier molecular flexibility index (Phi) is 5.23. The molecule has 0 saturated carbocycles. The van der Waals surface area contributed by atoms with Crippen LogP contribution in [0, 0.1) is 5.92 Å². The number of benzene rings is 1. The van der Waals surface area contributed by atoms with E-state index in [1.165, 1.54) is 36.3 Å². The number of anilines is 2. The van der Waals surface area contributed by atoms with Crippen molar-refractivity contribution in [2.45, 2.75) is 51.4 Å². The monoisotopic (exact) mass is 410 g/mol. The molecule has 0 spiro atoms. The number of hydrogen-bond acceptors (Lipinski definition) is 6. The minimum Gasteiger partial charge on any atom is -0.423 e. The number of piperidine rings is 1. The molecule has 29 heavy (non-hydrogen) atoms. The number of oxazole rings is 1. The third-order valence-electron chi connectivity index (χ3n) is 5.99. The summed E-state index contributed by atoms with van der Waals surface area (Å²) in [4.78, 5) is 25.6. The number of aryl methyl sites for hydroxylation is 2. The average molecular weight is 411 g/mol. The van der Waals surface area contributed by atoms with Crippen LogP contribution in [0.15, 0.2) is 28.7 Å². The van der Waals surface area contributed by atoms with E-state index >= 15 is 0 Å². The van der Waals surface area contributed by atoms with E-state index < -0.39 is 0 Å². The van der Waals surface area contributed by atoms with Gasteiger partial charge in [0.25, 0.3) is 6.01 Å². The summed E-state index contributed by atoms with van der Waals surface area (Å²) in [6, 6.07) is 8.47. The molecule has 7 heteroatoms. The van der Waals surface area contributed by atoms with Crippen molar-refractivity contribution in [1.82, 2.24) is 9.97 Å². The maximum absolute atomic E-state index is 12.8. The number of amides is 1. The predicted octanol–water partition coefficient (Wildman–Crippen LogP) is 4.80. The molecule has 1 fully saturated rings. The van der Waals surface area contributed by atoms with Gasteiger partial charge in [-0.15, -0.1) is 11.3 Å². The molecule has 5 rings (SSSR count). The number of nitrogens with one attached hydrogen (secondary N) is 1. The summed E-state index contributed by atoms with van der Waals surface area (Å²) in [7, 11) is 0. The Labute approximate surface area is 174 Å². The highest BCUT2D eigenvalue weighted by molar-refractivity contribution is 7.15. The molecule has 2 aromatic heterocycles. The van der Waals surface area contributed by atoms with Crippen molar-refractivity contribution in [2.24, 2.45) is 5.92 Å². The van der Waals surface area contributed by atoms with Gasteiger partial charge in [-0.1, -0.05) is 25.0 Å². The van der Waals surface area contributed by atoms with Crippen LogP contribution >= 0.6 is 11.3 Å². The highest BCUT2D eigenvalue weighted by Gasteiger charge is 2.28. The van der Waals surface area contributed by atoms with Crippen molar-refractivity contribution in [3.05, 3.63) is 34.8 Å². The van der Waals surface area contributed by atoms with Gasteiger partial charge in [-0.05, 0) is 50.7 Å². The highest BCUT2D eigenvalue weighted by atomic mass is 32.1. The zero-order valence-electron chi connectivity index (χ0n) is 16.5. The van der Waals surface area contributed by atoms with Crippen LogP contribution in [0.1, 0.15) is 49.1 Å². The Balaban J connectivity index is 1.19. The average Bonchev–Trinajstić information content (AvgIpc) is 3.32. The Morgan fingerprint density at radius 3 is 2.69 bits per heavy atom. The standard InChI is InChI=1S/C22H26N4O2S/c27-20(25-21-23-17-8-3-1-2-4-10-19(17)29-21)15-11-13-26(14-12-15)22-24-16-7-5-6-9-18(16)28-22/h5-7,9,15H,1-4,8,10-14H2,(H,23,25,27). The number of carbonyl (C=O) groups excluding carboxylic acids is 1. The topological polar surface area (TPSA) is 71.3 Å². The normalized spacial score (nSPS) is 18.3. The number of carbonyl (C=O) groups is 1. The van der Waals surface area contributed by atoms with Gasteiger partial charge in [0.15, 0.2) is 10.7 Å². The molecule has 1 N–H and O–H groups in total. The van der Waals surface area contributed by atoms with Crippen LogP contribution in [-0.2, 0) is 17.6 Å². The second kappa shape index (κ2) is 8.14. The van der Waals surface area contributed by atoms with Gasteiger partial charge < -0.3 is 14.6 Å². The van der Waals surface area contributed by atoms with Crippen molar-refractivity contribution in [3.8, 4) is 0 Å². The minimum absolute atomic E-state index is 0.0158. The zero-order chi connectivity index (χ0) is 19.6. The molecule has 3 heterocycles. The van der Waals surface area contributed by atoms with Crippen LogP contribution in [0.3, 0.4) is 0 Å². The van der Waals surface area contributed by atoms with E-state index in [0.29, 0.717) is 6.01 Å². The lowest BCUT2D eigenvalue weighted by atomic mass is 9.96. The molecular formula is C22H26N4O2S. The van der Waals surface area contributed by atoms with E-state index in [1.54, 1.807) is 11.3 Å². The summed E-state index contributed by atoms with van der Waals surface area (Å²) in [5.74, 6) is 0.117. The number of aromatic nitrogens is 2. The largest absolute Gasteiger partial charge is 0.423 e. The zero-order valence-corrected chi connectivity index (χ0v) is 17.3. The van der Waals surface area contributed by atoms with Crippen LogP contribution in [0.4, 0.5) is 11.1 Å². The molecule has 0 atom stereocenters. The molecule has 3 aromatic rings. The van der Waals surface area contributed by atoms with Gasteiger partial charge >= 0.3 is 0 Å². The first-order valence-electron chi connectivity index (χ1n) is 10.7. The summed E-state index contributed by atoms with van der Waals surface area (Å²) in [5, 5.41) is 3.88. The molecule has 2 aliphatic rings. The number of hydrogen-bond donors (Lipinski definition) is 1. The van der Waals surface area contributed by atoms with Gasteiger partial charge in [-0.3, -0.25) is 4.79 Å². The fraction of sp³-hybridized carbons (Fsp3) is 0.500. The summed E-state index contributed by atoms with van der Waals surface area (Å²) in [6.45, 7) is 1.55. The molecule has 1 aliphatic carbocycles. The van der Waals surface area contributed by atoms with Gasteiger partial charge in [0.1, 0.15) is 5.52 Å². The van der Waals surface area contributed by atoms with Gasteiger partial charge in [0.2, 0.25) is 5.91 Å². The van der Waals surface area contributed by atoms with Gasteiger partial charge in [0, 0.05) is 23.9 Å². The second-order valence-corrected chi connectivity index (χ2v) is 9.10. The predicted molar refractivity (Wildman–Crippen MR) is 116 cm³/mol. The molecule has 1 aliphatic heterocycles. The summed E-state index contributed by atoms with van der Waals surface area (Å²) in [5.41, 5.74) is 2.89. The maximum Gasteiger partial charge on any atom is 0.298 e. The second-order valence-electron chi connectivity index (χ2n) is 8.02. The van der Waals surface area contributed by atoms with Gasteiger partial charge in [-0.2, -0.15) is 4.98 Å². The molecule has 152 valence electrons. The Morgan fingerprint density at radius 1 is 1.07 bits per heavy atom. The lowest BCUT2D eigenvalue weighted by Crippen LogP contribution is -2.38. The summed E-state index contributed by atoms with van der Waals surface area (Å²) < 4.78 is 5.87. The molecule has 6 nitrogen and oxygen atoms in total. The smallest absolute Gasteiger partial charge is 0.298 e. The van der Waals surface area contributed by atoms with Crippen LogP contribution in [0.25, 0.3) is 11.1 Å². The third kappa shape index (κ3) is 4.01. The third-order valence-corrected chi connectivity index (χ3v) is 7.07. The number of rotatable bonds is 3. The number of nitrogens with zero attached hydrogens (tertiary/aromatic N) is 3. The van der Waals surface area contributed by atoms with Crippen molar-refractivity contribution in [1.29, 1.82) is 0 Å². The molecule has 0 bridgehead atoms. The van der Waals surface area contributed by atoms with Crippen molar-refractivity contribution < 1.29 is 9.21 Å². The van der Waals surface area contributed by atoms with E-state index in [0.717, 1.165) is 55.0 Å². The Bertz CT molecular complexity index is 945. The first-order chi connectivity index (χ1) is 14.3. The quantitative estimate of drug-likeness (QED) is 0.672. The van der Waals surface area contributed by atoms with E-state index in [1.807, 2.05) is 24.3 Å². The summed E-state index contributed by atoms with van der Waals surface area (Å²) >= 11 is 1.67. The van der Waals surface area contributed by atoms with Crippen LogP contribution < -0.4 is 10.2 Å². The van der Waals surface area contributed by atoms with Gasteiger partial charge in [0.05, 0.1) is 5.69 Å². The van der Waals surface area contributed by atoms with Crippen molar-refractivity contribution in [3.63, 3.8) is 0 Å². The first-order valence-corrected chi connectivity index (χ1v) is 11.5. The van der Waals surface area contributed by atoms with E-state index in [9.17, 15) is 4.79 Å². The van der Waals surface area contributed by atoms with E-state index in [2.05, 4.69) is 15.2 Å². The van der Waals surface area contributed by atoms with Crippen LogP contribution in [0.2, 0.25) is 0 Å². The Hall–Kier alpha value is -2.41. The van der Waals surface area contributed by atoms with Gasteiger partial charge in [-0.25, -0.2) is 4.98 Å². The minimum atomic E-state index is 0.0158. The maximum atomic E-state index is 12.8. The number of fused-ring (bicyclic) bond motifs is 2. The molecular weight excluding hydrogens is 384 g/mol. The fourth-order valence-electron chi connectivity index (χ4n) is 4.29. The van der Waals surface area contributed by atoms with Crippen LogP contribution in [-0.4, -0.2) is 29.0 Å². The van der Waals surface area contributed by atoms with E-state index in [4.69, 9.17) is 9.40 Å². The van der Waals surface area contributed by atoms with Crippen molar-refractivity contribution >= 4 is 39.5 Å².